The zero-order valence-corrected chi connectivity index (χ0v) is 10.6. The lowest BCUT2D eigenvalue weighted by molar-refractivity contribution is 0.1000. The summed E-state index contributed by atoms with van der Waals surface area (Å²) in [4.78, 5) is 0. The molecule has 2 rings (SSSR count). The summed E-state index contributed by atoms with van der Waals surface area (Å²) in [5.74, 6) is 1.13. The van der Waals surface area contributed by atoms with Gasteiger partial charge in [-0.15, -0.1) is 0 Å². The minimum Gasteiger partial charge on any atom is -0.384 e. The van der Waals surface area contributed by atoms with E-state index in [4.69, 9.17) is 15.9 Å². The maximum atomic E-state index is 7.41. The second-order valence-corrected chi connectivity index (χ2v) is 5.53. The molecule has 1 aliphatic rings. The summed E-state index contributed by atoms with van der Waals surface area (Å²) in [7, 11) is 0. The molecule has 0 radical (unpaired) electrons. The van der Waals surface area contributed by atoms with Crippen molar-refractivity contribution in [2.24, 2.45) is 5.73 Å². The van der Waals surface area contributed by atoms with Crippen LogP contribution in [0.1, 0.15) is 24.0 Å². The zero-order chi connectivity index (χ0) is 12.1. The van der Waals surface area contributed by atoms with Crippen molar-refractivity contribution in [3.05, 3.63) is 35.4 Å². The van der Waals surface area contributed by atoms with Crippen LogP contribution in [0.2, 0.25) is 0 Å². The first-order valence-electron chi connectivity index (χ1n) is 5.88. The van der Waals surface area contributed by atoms with Crippen LogP contribution in [-0.2, 0) is 10.5 Å². The Balaban J connectivity index is 1.89. The Morgan fingerprint density at radius 1 is 1.41 bits per heavy atom. The second kappa shape index (κ2) is 6.07. The Morgan fingerprint density at radius 2 is 2.18 bits per heavy atom. The molecular formula is C13H18N2OS. The van der Waals surface area contributed by atoms with Gasteiger partial charge in [-0.2, -0.15) is 11.8 Å². The fourth-order valence-electron chi connectivity index (χ4n) is 1.89. The first kappa shape index (κ1) is 12.5. The van der Waals surface area contributed by atoms with Crippen molar-refractivity contribution in [3.8, 4) is 0 Å². The molecule has 4 heteroatoms. The van der Waals surface area contributed by atoms with E-state index in [2.05, 4.69) is 6.07 Å². The number of nitrogens with one attached hydrogen (secondary N) is 1. The first-order valence-corrected chi connectivity index (χ1v) is 6.93. The summed E-state index contributed by atoms with van der Waals surface area (Å²) < 4.78 is 5.34. The number of hydrogen-bond donors (Lipinski definition) is 2. The molecule has 0 amide bonds. The third-order valence-corrected chi connectivity index (χ3v) is 4.33. The summed E-state index contributed by atoms with van der Waals surface area (Å²) in [6.45, 7) is 1.79. The molecular weight excluding hydrogens is 232 g/mol. The van der Waals surface area contributed by atoms with Crippen LogP contribution in [0.15, 0.2) is 24.3 Å². The molecule has 1 heterocycles. The quantitative estimate of drug-likeness (QED) is 0.637. The van der Waals surface area contributed by atoms with E-state index in [1.807, 2.05) is 30.0 Å². The average molecular weight is 250 g/mol. The van der Waals surface area contributed by atoms with Gasteiger partial charge in [-0.3, -0.25) is 5.41 Å². The molecule has 1 fully saturated rings. The van der Waals surface area contributed by atoms with Gasteiger partial charge in [0.2, 0.25) is 0 Å². The predicted molar refractivity (Wildman–Crippen MR) is 72.6 cm³/mol. The van der Waals surface area contributed by atoms with Gasteiger partial charge in [0.05, 0.1) is 0 Å². The van der Waals surface area contributed by atoms with E-state index in [1.54, 1.807) is 0 Å². The van der Waals surface area contributed by atoms with E-state index in [0.717, 1.165) is 37.4 Å². The van der Waals surface area contributed by atoms with E-state index in [9.17, 15) is 0 Å². The van der Waals surface area contributed by atoms with Gasteiger partial charge in [-0.1, -0.05) is 18.2 Å². The number of hydrogen-bond acceptors (Lipinski definition) is 3. The average Bonchev–Trinajstić information content (AvgIpc) is 2.38. The van der Waals surface area contributed by atoms with Crippen molar-refractivity contribution >= 4 is 17.6 Å². The number of ether oxygens (including phenoxy) is 1. The summed E-state index contributed by atoms with van der Waals surface area (Å²) in [6.07, 6.45) is 2.30. The van der Waals surface area contributed by atoms with Gasteiger partial charge < -0.3 is 10.5 Å². The summed E-state index contributed by atoms with van der Waals surface area (Å²) >= 11 is 1.98. The molecule has 0 atom stereocenters. The Labute approximate surface area is 106 Å². The number of thioether (sulfide) groups is 1. The maximum Gasteiger partial charge on any atom is 0.122 e. The van der Waals surface area contributed by atoms with E-state index in [0.29, 0.717) is 5.25 Å². The highest BCUT2D eigenvalue weighted by Crippen LogP contribution is 2.25. The van der Waals surface area contributed by atoms with Crippen molar-refractivity contribution in [2.45, 2.75) is 23.8 Å². The van der Waals surface area contributed by atoms with Gasteiger partial charge in [0, 0.05) is 29.8 Å². The van der Waals surface area contributed by atoms with Gasteiger partial charge in [0.1, 0.15) is 5.84 Å². The van der Waals surface area contributed by atoms with Crippen molar-refractivity contribution in [2.75, 3.05) is 13.2 Å². The highest BCUT2D eigenvalue weighted by atomic mass is 32.2. The molecule has 17 heavy (non-hydrogen) atoms. The minimum atomic E-state index is 0.142. The number of rotatable bonds is 4. The van der Waals surface area contributed by atoms with Crippen LogP contribution in [-0.4, -0.2) is 24.3 Å². The topological polar surface area (TPSA) is 59.1 Å². The summed E-state index contributed by atoms with van der Waals surface area (Å²) in [5.41, 5.74) is 7.54. The smallest absolute Gasteiger partial charge is 0.122 e. The van der Waals surface area contributed by atoms with E-state index >= 15 is 0 Å². The molecule has 0 saturated carbocycles. The molecule has 92 valence electrons. The molecule has 1 aromatic carbocycles. The van der Waals surface area contributed by atoms with Crippen LogP contribution in [0.5, 0.6) is 0 Å². The Bertz CT molecular complexity index is 389. The standard InChI is InChI=1S/C13H18N2OS/c14-13(15)11-3-1-2-10(8-11)9-17-12-4-6-16-7-5-12/h1-3,8,12H,4-7,9H2,(H3,14,15). The molecule has 1 saturated heterocycles. The minimum absolute atomic E-state index is 0.142. The highest BCUT2D eigenvalue weighted by Gasteiger charge is 2.13. The molecule has 3 nitrogen and oxygen atoms in total. The molecule has 1 aromatic rings. The van der Waals surface area contributed by atoms with Gasteiger partial charge in [-0.25, -0.2) is 0 Å². The van der Waals surface area contributed by atoms with Crippen LogP contribution in [0.3, 0.4) is 0 Å². The first-order chi connectivity index (χ1) is 8.25. The number of nitrogen functional groups attached to an aromatic ring is 1. The van der Waals surface area contributed by atoms with Crippen molar-refractivity contribution in [1.29, 1.82) is 5.41 Å². The van der Waals surface area contributed by atoms with E-state index in [1.165, 1.54) is 5.56 Å². The van der Waals surface area contributed by atoms with Gasteiger partial charge in [-0.05, 0) is 24.5 Å². The lowest BCUT2D eigenvalue weighted by Gasteiger charge is -2.21. The van der Waals surface area contributed by atoms with Gasteiger partial charge >= 0.3 is 0 Å². The largest absolute Gasteiger partial charge is 0.384 e. The molecule has 0 spiro atoms. The monoisotopic (exact) mass is 250 g/mol. The van der Waals surface area contributed by atoms with Crippen molar-refractivity contribution < 1.29 is 4.74 Å². The Morgan fingerprint density at radius 3 is 2.88 bits per heavy atom. The summed E-state index contributed by atoms with van der Waals surface area (Å²) in [6, 6.07) is 7.95. The molecule has 0 unspecified atom stereocenters. The third kappa shape index (κ3) is 3.75. The molecule has 0 bridgehead atoms. The Kier molecular flexibility index (Phi) is 4.45. The fraction of sp³-hybridized carbons (Fsp3) is 0.462. The van der Waals surface area contributed by atoms with Crippen LogP contribution in [0.4, 0.5) is 0 Å². The van der Waals surface area contributed by atoms with Gasteiger partial charge in [0.25, 0.3) is 0 Å². The maximum absolute atomic E-state index is 7.41. The molecule has 1 aliphatic heterocycles. The third-order valence-electron chi connectivity index (χ3n) is 2.89. The fourth-order valence-corrected chi connectivity index (χ4v) is 3.02. The summed E-state index contributed by atoms with van der Waals surface area (Å²) in [5, 5.41) is 8.13. The second-order valence-electron chi connectivity index (χ2n) is 4.24. The normalized spacial score (nSPS) is 16.9. The van der Waals surface area contributed by atoms with Crippen LogP contribution in [0, 0.1) is 5.41 Å². The number of amidine groups is 1. The molecule has 0 aliphatic carbocycles. The lowest BCUT2D eigenvalue weighted by atomic mass is 10.1. The van der Waals surface area contributed by atoms with Crippen LogP contribution >= 0.6 is 11.8 Å². The lowest BCUT2D eigenvalue weighted by Crippen LogP contribution is -2.17. The molecule has 3 N–H and O–H groups in total. The Hall–Kier alpha value is -1.00. The van der Waals surface area contributed by atoms with Gasteiger partial charge in [0.15, 0.2) is 0 Å². The van der Waals surface area contributed by atoms with Crippen molar-refractivity contribution in [1.82, 2.24) is 0 Å². The van der Waals surface area contributed by atoms with Crippen LogP contribution < -0.4 is 5.73 Å². The highest BCUT2D eigenvalue weighted by molar-refractivity contribution is 7.99. The van der Waals surface area contributed by atoms with Crippen LogP contribution in [0.25, 0.3) is 0 Å². The predicted octanol–water partition coefficient (Wildman–Crippen LogP) is 2.38. The molecule has 0 aromatic heterocycles. The SMILES string of the molecule is N=C(N)c1cccc(CSC2CCOCC2)c1. The number of nitrogens with two attached hydrogens (primary N) is 1. The van der Waals surface area contributed by atoms with E-state index < -0.39 is 0 Å². The van der Waals surface area contributed by atoms with Crippen molar-refractivity contribution in [3.63, 3.8) is 0 Å². The number of benzene rings is 1. The van der Waals surface area contributed by atoms with E-state index in [-0.39, 0.29) is 5.84 Å². The zero-order valence-electron chi connectivity index (χ0n) is 9.82.